The minimum absolute atomic E-state index is 0.0373. The molecule has 0 saturated carbocycles. The number of methoxy groups -OCH3 is 1. The molecule has 4 heteroatoms. The maximum atomic E-state index is 6.07. The molecular weight excluding hydrogens is 238 g/mol. The average molecular weight is 256 g/mol. The second-order valence-electron chi connectivity index (χ2n) is 4.51. The van der Waals surface area contributed by atoms with Gasteiger partial charge in [0.1, 0.15) is 5.75 Å². The van der Waals surface area contributed by atoms with Gasteiger partial charge in [0.15, 0.2) is 0 Å². The lowest BCUT2D eigenvalue weighted by molar-refractivity contribution is -0.0657. The molecule has 2 N–H and O–H groups in total. The van der Waals surface area contributed by atoms with Gasteiger partial charge in [0.25, 0.3) is 0 Å². The Kier molecular flexibility index (Phi) is 3.92. The molecule has 17 heavy (non-hydrogen) atoms. The first-order chi connectivity index (χ1) is 8.22. The third kappa shape index (κ3) is 2.41. The Morgan fingerprint density at radius 3 is 2.76 bits per heavy atom. The van der Waals surface area contributed by atoms with E-state index in [0.717, 1.165) is 42.4 Å². The highest BCUT2D eigenvalue weighted by atomic mass is 35.5. The summed E-state index contributed by atoms with van der Waals surface area (Å²) in [5.41, 5.74) is 6.78. The van der Waals surface area contributed by atoms with Crippen LogP contribution in [0.15, 0.2) is 18.2 Å². The van der Waals surface area contributed by atoms with Gasteiger partial charge in [-0.1, -0.05) is 11.6 Å². The summed E-state index contributed by atoms with van der Waals surface area (Å²) in [6.07, 6.45) is 2.00. The smallest absolute Gasteiger partial charge is 0.122 e. The quantitative estimate of drug-likeness (QED) is 0.879. The summed E-state index contributed by atoms with van der Waals surface area (Å²) < 4.78 is 10.8. The van der Waals surface area contributed by atoms with E-state index in [1.54, 1.807) is 7.11 Å². The summed E-state index contributed by atoms with van der Waals surface area (Å²) in [5, 5.41) is 0.736. The number of hydrogen-bond donors (Lipinski definition) is 1. The van der Waals surface area contributed by atoms with Crippen molar-refractivity contribution in [3.8, 4) is 5.75 Å². The second kappa shape index (κ2) is 5.25. The molecule has 94 valence electrons. The maximum absolute atomic E-state index is 6.07. The summed E-state index contributed by atoms with van der Waals surface area (Å²) in [7, 11) is 1.68. The highest BCUT2D eigenvalue weighted by Crippen LogP contribution is 2.42. The molecule has 1 aliphatic rings. The lowest BCUT2D eigenvalue weighted by Crippen LogP contribution is -2.47. The Morgan fingerprint density at radius 2 is 2.24 bits per heavy atom. The van der Waals surface area contributed by atoms with Crippen LogP contribution in [-0.2, 0) is 10.2 Å². The summed E-state index contributed by atoms with van der Waals surface area (Å²) in [6.45, 7) is 2.15. The molecule has 0 amide bonds. The van der Waals surface area contributed by atoms with Crippen molar-refractivity contribution in [2.45, 2.75) is 18.3 Å². The van der Waals surface area contributed by atoms with Gasteiger partial charge in [0.05, 0.1) is 20.3 Å². The second-order valence-corrected chi connectivity index (χ2v) is 4.95. The van der Waals surface area contributed by atoms with Gasteiger partial charge in [-0.15, -0.1) is 0 Å². The zero-order chi connectivity index (χ0) is 12.3. The van der Waals surface area contributed by atoms with Gasteiger partial charge in [-0.3, -0.25) is 0 Å². The third-order valence-electron chi connectivity index (χ3n) is 3.35. The van der Waals surface area contributed by atoms with Crippen LogP contribution in [0.4, 0.5) is 0 Å². The van der Waals surface area contributed by atoms with Gasteiger partial charge in [0, 0.05) is 16.0 Å². The van der Waals surface area contributed by atoms with E-state index in [-0.39, 0.29) is 5.41 Å². The van der Waals surface area contributed by atoms with E-state index in [1.165, 1.54) is 0 Å². The SMILES string of the molecule is COc1ccc(Cl)cc1C1(CCCN)COC1. The highest BCUT2D eigenvalue weighted by molar-refractivity contribution is 6.30. The predicted octanol–water partition coefficient (Wildman–Crippen LogP) is 2.36. The molecule has 0 aromatic heterocycles. The molecule has 1 fully saturated rings. The third-order valence-corrected chi connectivity index (χ3v) is 3.58. The average Bonchev–Trinajstić information content (AvgIpc) is 2.28. The Balaban J connectivity index is 2.32. The van der Waals surface area contributed by atoms with Gasteiger partial charge >= 0.3 is 0 Å². The van der Waals surface area contributed by atoms with Crippen molar-refractivity contribution in [2.75, 3.05) is 26.9 Å². The lowest BCUT2D eigenvalue weighted by Gasteiger charge is -2.42. The predicted molar refractivity (Wildman–Crippen MR) is 68.8 cm³/mol. The van der Waals surface area contributed by atoms with E-state index in [0.29, 0.717) is 6.54 Å². The fraction of sp³-hybridized carbons (Fsp3) is 0.538. The van der Waals surface area contributed by atoms with Crippen molar-refractivity contribution >= 4 is 11.6 Å². The Morgan fingerprint density at radius 1 is 1.47 bits per heavy atom. The monoisotopic (exact) mass is 255 g/mol. The van der Waals surface area contributed by atoms with Crippen molar-refractivity contribution in [3.63, 3.8) is 0 Å². The van der Waals surface area contributed by atoms with Crippen LogP contribution in [0.25, 0.3) is 0 Å². The number of benzene rings is 1. The van der Waals surface area contributed by atoms with Crippen molar-refractivity contribution in [2.24, 2.45) is 5.73 Å². The van der Waals surface area contributed by atoms with Crippen molar-refractivity contribution < 1.29 is 9.47 Å². The fourth-order valence-electron chi connectivity index (χ4n) is 2.32. The van der Waals surface area contributed by atoms with Crippen LogP contribution in [0.5, 0.6) is 5.75 Å². The molecule has 1 aromatic carbocycles. The first-order valence-electron chi connectivity index (χ1n) is 5.84. The van der Waals surface area contributed by atoms with Crippen LogP contribution >= 0.6 is 11.6 Å². The van der Waals surface area contributed by atoms with Gasteiger partial charge in [-0.2, -0.15) is 0 Å². The molecule has 1 heterocycles. The van der Waals surface area contributed by atoms with E-state index in [4.69, 9.17) is 26.8 Å². The first-order valence-corrected chi connectivity index (χ1v) is 6.21. The molecule has 0 radical (unpaired) electrons. The summed E-state index contributed by atoms with van der Waals surface area (Å²) in [4.78, 5) is 0. The highest BCUT2D eigenvalue weighted by Gasteiger charge is 2.41. The molecule has 1 aliphatic heterocycles. The molecule has 0 aliphatic carbocycles. The molecule has 0 atom stereocenters. The van der Waals surface area contributed by atoms with Crippen molar-refractivity contribution in [3.05, 3.63) is 28.8 Å². The molecule has 1 aromatic rings. The summed E-state index contributed by atoms with van der Waals surface area (Å²) in [5.74, 6) is 0.884. The van der Waals surface area contributed by atoms with E-state index in [9.17, 15) is 0 Å². The van der Waals surface area contributed by atoms with Crippen LogP contribution in [0.2, 0.25) is 5.02 Å². The Bertz CT molecular complexity index is 391. The first kappa shape index (κ1) is 12.7. The fourth-order valence-corrected chi connectivity index (χ4v) is 2.49. The van der Waals surface area contributed by atoms with Crippen molar-refractivity contribution in [1.29, 1.82) is 0 Å². The van der Waals surface area contributed by atoms with E-state index in [1.807, 2.05) is 18.2 Å². The van der Waals surface area contributed by atoms with Crippen molar-refractivity contribution in [1.82, 2.24) is 0 Å². The Labute approximate surface area is 107 Å². The van der Waals surface area contributed by atoms with Gasteiger partial charge in [-0.05, 0) is 37.6 Å². The largest absolute Gasteiger partial charge is 0.496 e. The number of rotatable bonds is 5. The van der Waals surface area contributed by atoms with Crippen LogP contribution in [-0.4, -0.2) is 26.9 Å². The van der Waals surface area contributed by atoms with E-state index < -0.39 is 0 Å². The summed E-state index contributed by atoms with van der Waals surface area (Å²) >= 11 is 6.07. The molecule has 1 saturated heterocycles. The number of ether oxygens (including phenoxy) is 2. The van der Waals surface area contributed by atoms with E-state index >= 15 is 0 Å². The molecule has 0 spiro atoms. The van der Waals surface area contributed by atoms with E-state index in [2.05, 4.69) is 0 Å². The molecule has 2 rings (SSSR count). The van der Waals surface area contributed by atoms with Crippen LogP contribution in [0.1, 0.15) is 18.4 Å². The normalized spacial score (nSPS) is 17.6. The molecular formula is C13H18ClNO2. The standard InChI is InChI=1S/C13H18ClNO2/c1-16-12-4-3-10(14)7-11(12)13(5-2-6-15)8-17-9-13/h3-4,7H,2,5-6,8-9,15H2,1H3. The number of halogens is 1. The topological polar surface area (TPSA) is 44.5 Å². The number of hydrogen-bond acceptors (Lipinski definition) is 3. The number of nitrogens with two attached hydrogens (primary N) is 1. The van der Waals surface area contributed by atoms with Crippen LogP contribution in [0, 0.1) is 0 Å². The van der Waals surface area contributed by atoms with Gasteiger partial charge < -0.3 is 15.2 Å². The summed E-state index contributed by atoms with van der Waals surface area (Å²) in [6, 6.07) is 5.75. The minimum Gasteiger partial charge on any atom is -0.496 e. The van der Waals surface area contributed by atoms with Crippen LogP contribution in [0.3, 0.4) is 0 Å². The maximum Gasteiger partial charge on any atom is 0.122 e. The van der Waals surface area contributed by atoms with Crippen LogP contribution < -0.4 is 10.5 Å². The molecule has 3 nitrogen and oxygen atoms in total. The Hall–Kier alpha value is -0.770. The van der Waals surface area contributed by atoms with Gasteiger partial charge in [0.2, 0.25) is 0 Å². The molecule has 0 bridgehead atoms. The zero-order valence-corrected chi connectivity index (χ0v) is 10.8. The lowest BCUT2D eigenvalue weighted by atomic mass is 9.74. The molecule has 0 unspecified atom stereocenters. The minimum atomic E-state index is 0.0373. The zero-order valence-electron chi connectivity index (χ0n) is 10.0. The van der Waals surface area contributed by atoms with Gasteiger partial charge in [-0.25, -0.2) is 0 Å².